The van der Waals surface area contributed by atoms with Gasteiger partial charge in [-0.25, -0.2) is 14.6 Å². The summed E-state index contributed by atoms with van der Waals surface area (Å²) in [7, 11) is 1.69. The summed E-state index contributed by atoms with van der Waals surface area (Å²) in [5.41, 5.74) is 2.19. The summed E-state index contributed by atoms with van der Waals surface area (Å²) in [6.07, 6.45) is 6.05. The van der Waals surface area contributed by atoms with Gasteiger partial charge in [-0.15, -0.1) is 0 Å². The minimum atomic E-state index is 0.315. The minimum absolute atomic E-state index is 0.315. The summed E-state index contributed by atoms with van der Waals surface area (Å²) in [6, 6.07) is 8.01. The zero-order valence-electron chi connectivity index (χ0n) is 14.9. The summed E-state index contributed by atoms with van der Waals surface area (Å²) >= 11 is 0. The van der Waals surface area contributed by atoms with Crippen LogP contribution < -0.4 is 4.74 Å². The Morgan fingerprint density at radius 3 is 3.04 bits per heavy atom. The lowest BCUT2D eigenvalue weighted by molar-refractivity contribution is 0.192. The SMILES string of the molecule is COc1ccccc1Cc1nc([C@@H]2CCOC2)n(CCc2cnc[nH]2)n1. The number of nitrogens with one attached hydrogen (secondary N) is 1. The molecule has 1 aromatic carbocycles. The highest BCUT2D eigenvalue weighted by molar-refractivity contribution is 5.35. The van der Waals surface area contributed by atoms with Crippen LogP contribution in [0.4, 0.5) is 0 Å². The Kier molecular flexibility index (Phi) is 4.97. The van der Waals surface area contributed by atoms with Crippen molar-refractivity contribution in [3.63, 3.8) is 0 Å². The van der Waals surface area contributed by atoms with Gasteiger partial charge in [-0.05, 0) is 12.5 Å². The molecule has 1 saturated heterocycles. The summed E-state index contributed by atoms with van der Waals surface area (Å²) in [5, 5.41) is 4.79. The number of hydrogen-bond acceptors (Lipinski definition) is 5. The number of nitrogens with zero attached hydrogens (tertiary/aromatic N) is 4. The Labute approximate surface area is 152 Å². The van der Waals surface area contributed by atoms with Crippen LogP contribution in [0.1, 0.15) is 35.2 Å². The first kappa shape index (κ1) is 16.8. The zero-order chi connectivity index (χ0) is 17.8. The lowest BCUT2D eigenvalue weighted by atomic mass is 10.1. The largest absolute Gasteiger partial charge is 0.496 e. The van der Waals surface area contributed by atoms with Crippen LogP contribution in [0.3, 0.4) is 0 Å². The van der Waals surface area contributed by atoms with Crippen molar-refractivity contribution in [2.24, 2.45) is 0 Å². The third-order valence-electron chi connectivity index (χ3n) is 4.73. The fraction of sp³-hybridized carbons (Fsp3) is 0.421. The topological polar surface area (TPSA) is 77.9 Å². The average molecular weight is 353 g/mol. The van der Waals surface area contributed by atoms with E-state index in [-0.39, 0.29) is 0 Å². The smallest absolute Gasteiger partial charge is 0.155 e. The average Bonchev–Trinajstić information content (AvgIpc) is 3.41. The Balaban J connectivity index is 1.57. The van der Waals surface area contributed by atoms with Crippen LogP contribution in [-0.4, -0.2) is 45.1 Å². The fourth-order valence-electron chi connectivity index (χ4n) is 3.35. The van der Waals surface area contributed by atoms with Crippen molar-refractivity contribution in [2.45, 2.75) is 31.7 Å². The molecule has 1 atom stereocenters. The maximum absolute atomic E-state index is 5.56. The molecular formula is C19H23N5O2. The molecule has 3 aromatic rings. The first-order valence-electron chi connectivity index (χ1n) is 8.94. The van der Waals surface area contributed by atoms with Crippen molar-refractivity contribution in [3.05, 3.63) is 59.7 Å². The number of rotatable bonds is 7. The molecule has 0 saturated carbocycles. The summed E-state index contributed by atoms with van der Waals surface area (Å²) in [5.74, 6) is 3.02. The number of methoxy groups -OCH3 is 1. The minimum Gasteiger partial charge on any atom is -0.496 e. The molecule has 0 amide bonds. The molecule has 3 heterocycles. The zero-order valence-corrected chi connectivity index (χ0v) is 14.9. The lowest BCUT2D eigenvalue weighted by Crippen LogP contribution is -2.12. The molecule has 2 aromatic heterocycles. The predicted molar refractivity (Wildman–Crippen MR) is 96.3 cm³/mol. The monoisotopic (exact) mass is 353 g/mol. The van der Waals surface area contributed by atoms with Crippen molar-refractivity contribution in [1.82, 2.24) is 24.7 Å². The van der Waals surface area contributed by atoms with E-state index >= 15 is 0 Å². The normalized spacial score (nSPS) is 16.9. The Morgan fingerprint density at radius 2 is 2.27 bits per heavy atom. The molecule has 0 aliphatic carbocycles. The Morgan fingerprint density at radius 1 is 1.35 bits per heavy atom. The molecule has 1 aliphatic heterocycles. The van der Waals surface area contributed by atoms with Gasteiger partial charge in [0, 0.05) is 49.4 Å². The van der Waals surface area contributed by atoms with Crippen LogP contribution in [0.25, 0.3) is 0 Å². The van der Waals surface area contributed by atoms with Crippen molar-refractivity contribution < 1.29 is 9.47 Å². The molecule has 0 radical (unpaired) electrons. The van der Waals surface area contributed by atoms with Crippen LogP contribution in [0.2, 0.25) is 0 Å². The van der Waals surface area contributed by atoms with Crippen molar-refractivity contribution in [1.29, 1.82) is 0 Å². The number of hydrogen-bond donors (Lipinski definition) is 1. The van der Waals surface area contributed by atoms with Gasteiger partial charge in [0.25, 0.3) is 0 Å². The van der Waals surface area contributed by atoms with Crippen LogP contribution >= 0.6 is 0 Å². The summed E-state index contributed by atoms with van der Waals surface area (Å²) < 4.78 is 13.1. The third-order valence-corrected chi connectivity index (χ3v) is 4.73. The number of para-hydroxylation sites is 1. The van der Waals surface area contributed by atoms with E-state index in [1.54, 1.807) is 13.4 Å². The summed E-state index contributed by atoms with van der Waals surface area (Å²) in [6.45, 7) is 2.28. The first-order valence-corrected chi connectivity index (χ1v) is 8.94. The van der Waals surface area contributed by atoms with Gasteiger partial charge < -0.3 is 14.5 Å². The van der Waals surface area contributed by atoms with E-state index in [2.05, 4.69) is 16.0 Å². The number of H-pyrrole nitrogens is 1. The molecule has 1 fully saturated rings. The number of ether oxygens (including phenoxy) is 2. The van der Waals surface area contributed by atoms with E-state index in [9.17, 15) is 0 Å². The fourth-order valence-corrected chi connectivity index (χ4v) is 3.35. The van der Waals surface area contributed by atoms with Gasteiger partial charge in [-0.1, -0.05) is 18.2 Å². The van der Waals surface area contributed by atoms with Gasteiger partial charge in [-0.2, -0.15) is 5.10 Å². The van der Waals surface area contributed by atoms with E-state index in [4.69, 9.17) is 19.6 Å². The van der Waals surface area contributed by atoms with Gasteiger partial charge in [-0.3, -0.25) is 0 Å². The molecule has 136 valence electrons. The molecule has 7 nitrogen and oxygen atoms in total. The van der Waals surface area contributed by atoms with Gasteiger partial charge in [0.1, 0.15) is 11.6 Å². The second-order valence-corrected chi connectivity index (χ2v) is 6.49. The number of imidazole rings is 1. The van der Waals surface area contributed by atoms with Crippen LogP contribution in [0.15, 0.2) is 36.8 Å². The second kappa shape index (κ2) is 7.70. The maximum atomic E-state index is 5.56. The standard InChI is InChI=1S/C19H23N5O2/c1-25-17-5-3-2-4-14(17)10-18-22-19(15-7-9-26-12-15)24(23-18)8-6-16-11-20-13-21-16/h2-5,11,13,15H,6-10,12H2,1H3,(H,20,21)/t15-/m1/s1. The van der Waals surface area contributed by atoms with E-state index in [1.807, 2.05) is 29.1 Å². The molecule has 7 heteroatoms. The molecule has 0 bridgehead atoms. The molecule has 4 rings (SSSR count). The van der Waals surface area contributed by atoms with Crippen molar-refractivity contribution in [2.75, 3.05) is 20.3 Å². The van der Waals surface area contributed by atoms with Crippen LogP contribution in [0.5, 0.6) is 5.75 Å². The lowest BCUT2D eigenvalue weighted by Gasteiger charge is -2.09. The molecular weight excluding hydrogens is 330 g/mol. The Hall–Kier alpha value is -2.67. The molecule has 0 unspecified atom stereocenters. The number of aryl methyl sites for hydroxylation is 2. The van der Waals surface area contributed by atoms with Crippen LogP contribution in [-0.2, 0) is 24.1 Å². The quantitative estimate of drug-likeness (QED) is 0.705. The molecule has 1 aliphatic rings. The predicted octanol–water partition coefficient (Wildman–Crippen LogP) is 2.35. The third kappa shape index (κ3) is 3.62. The first-order chi connectivity index (χ1) is 12.8. The van der Waals surface area contributed by atoms with Crippen molar-refractivity contribution >= 4 is 0 Å². The Bertz CT molecular complexity index is 837. The van der Waals surface area contributed by atoms with Gasteiger partial charge in [0.15, 0.2) is 5.82 Å². The van der Waals surface area contributed by atoms with E-state index in [0.717, 1.165) is 61.3 Å². The highest BCUT2D eigenvalue weighted by atomic mass is 16.5. The second-order valence-electron chi connectivity index (χ2n) is 6.49. The van der Waals surface area contributed by atoms with Gasteiger partial charge in [0.2, 0.25) is 0 Å². The number of aromatic amines is 1. The molecule has 1 N–H and O–H groups in total. The van der Waals surface area contributed by atoms with Gasteiger partial charge in [0.05, 0.1) is 20.0 Å². The molecule has 0 spiro atoms. The highest BCUT2D eigenvalue weighted by Gasteiger charge is 2.24. The van der Waals surface area contributed by atoms with E-state index in [0.29, 0.717) is 12.3 Å². The summed E-state index contributed by atoms with van der Waals surface area (Å²) in [4.78, 5) is 12.1. The highest BCUT2D eigenvalue weighted by Crippen LogP contribution is 2.25. The number of benzene rings is 1. The number of aromatic nitrogens is 5. The van der Waals surface area contributed by atoms with E-state index in [1.165, 1.54) is 0 Å². The van der Waals surface area contributed by atoms with Crippen molar-refractivity contribution in [3.8, 4) is 5.75 Å². The van der Waals surface area contributed by atoms with Crippen LogP contribution in [0, 0.1) is 0 Å². The van der Waals surface area contributed by atoms with Gasteiger partial charge >= 0.3 is 0 Å². The molecule has 26 heavy (non-hydrogen) atoms. The maximum Gasteiger partial charge on any atom is 0.155 e. The van der Waals surface area contributed by atoms with E-state index < -0.39 is 0 Å².